The quantitative estimate of drug-likeness (QED) is 0.846. The van der Waals surface area contributed by atoms with Gasteiger partial charge in [-0.1, -0.05) is 37.3 Å². The fourth-order valence-electron chi connectivity index (χ4n) is 2.61. The van der Waals surface area contributed by atoms with Gasteiger partial charge in [-0.15, -0.1) is 11.8 Å². The van der Waals surface area contributed by atoms with Crippen LogP contribution in [0.1, 0.15) is 25.8 Å². The lowest BCUT2D eigenvalue weighted by Gasteiger charge is -2.32. The van der Waals surface area contributed by atoms with Crippen molar-refractivity contribution in [2.75, 3.05) is 11.6 Å². The van der Waals surface area contributed by atoms with Crippen LogP contribution in [0.15, 0.2) is 30.3 Å². The van der Waals surface area contributed by atoms with Gasteiger partial charge in [-0.2, -0.15) is 0 Å². The molecule has 1 aromatic rings. The molecule has 2 rings (SSSR count). The van der Waals surface area contributed by atoms with E-state index in [2.05, 4.69) is 0 Å². The normalized spacial score (nSPS) is 18.2. The first-order valence-electron chi connectivity index (χ1n) is 7.90. The summed E-state index contributed by atoms with van der Waals surface area (Å²) < 4.78 is 0. The summed E-state index contributed by atoms with van der Waals surface area (Å²) in [6, 6.07) is 7.73. The molecule has 0 spiro atoms. The van der Waals surface area contributed by atoms with E-state index in [0.717, 1.165) is 5.56 Å². The van der Waals surface area contributed by atoms with E-state index in [1.165, 1.54) is 23.6 Å². The monoisotopic (exact) mass is 350 g/mol. The fraction of sp³-hybridized carbons (Fsp3) is 0.471. The van der Waals surface area contributed by atoms with Crippen LogP contribution in [0.4, 0.5) is 0 Å². The number of carboxylic acids is 1. The summed E-state index contributed by atoms with van der Waals surface area (Å²) >= 11 is 1.52. The fourth-order valence-corrected chi connectivity index (χ4v) is 3.78. The average Bonchev–Trinajstić information content (AvgIpc) is 3.08. The highest BCUT2D eigenvalue weighted by atomic mass is 32.2. The minimum Gasteiger partial charge on any atom is -0.480 e. The summed E-state index contributed by atoms with van der Waals surface area (Å²) in [5.41, 5.74) is 0.859. The third-order valence-corrected chi connectivity index (χ3v) is 5.11. The van der Waals surface area contributed by atoms with Crippen LogP contribution < -0.4 is 0 Å². The third kappa shape index (κ3) is 4.08. The zero-order valence-corrected chi connectivity index (χ0v) is 14.7. The van der Waals surface area contributed by atoms with Crippen LogP contribution in [0.5, 0.6) is 0 Å². The maximum absolute atomic E-state index is 13.0. The van der Waals surface area contributed by atoms with Crippen molar-refractivity contribution in [3.63, 3.8) is 0 Å². The number of thioether (sulfide) groups is 1. The Labute approximate surface area is 145 Å². The van der Waals surface area contributed by atoms with Crippen LogP contribution in [0.2, 0.25) is 0 Å². The van der Waals surface area contributed by atoms with Gasteiger partial charge >= 0.3 is 5.97 Å². The minimum absolute atomic E-state index is 0.0824. The van der Waals surface area contributed by atoms with E-state index < -0.39 is 18.1 Å². The van der Waals surface area contributed by atoms with Crippen molar-refractivity contribution >= 4 is 29.5 Å². The highest BCUT2D eigenvalue weighted by Crippen LogP contribution is 2.24. The molecule has 0 bridgehead atoms. The Balaban J connectivity index is 2.24. The summed E-state index contributed by atoms with van der Waals surface area (Å²) in [5, 5.41) is 9.36. The molecule has 1 saturated heterocycles. The Morgan fingerprint density at radius 3 is 2.58 bits per heavy atom. The second-order valence-electron chi connectivity index (χ2n) is 5.70. The first-order valence-corrected chi connectivity index (χ1v) is 9.05. The van der Waals surface area contributed by atoms with Gasteiger partial charge < -0.3 is 14.9 Å². The molecular weight excluding hydrogens is 328 g/mol. The molecule has 1 heterocycles. The number of hydrogen-bond acceptors (Lipinski definition) is 4. The zero-order valence-electron chi connectivity index (χ0n) is 13.8. The standard InChI is InChI=1S/C17H22N2O4S/c1-3-15(20)19-11-24-10-14(19)16(21)18(12(2)17(22)23)9-13-7-5-4-6-8-13/h4-8,12,14H,3,9-11H2,1-2H3,(H,22,23). The molecular formula is C17H22N2O4S. The maximum atomic E-state index is 13.0. The third-order valence-electron chi connectivity index (χ3n) is 4.09. The lowest BCUT2D eigenvalue weighted by Crippen LogP contribution is -2.52. The molecule has 0 radical (unpaired) electrons. The van der Waals surface area contributed by atoms with Crippen LogP contribution in [0.3, 0.4) is 0 Å². The van der Waals surface area contributed by atoms with Crippen molar-refractivity contribution < 1.29 is 19.5 Å². The predicted octanol–water partition coefficient (Wildman–Crippen LogP) is 1.80. The van der Waals surface area contributed by atoms with E-state index >= 15 is 0 Å². The molecule has 24 heavy (non-hydrogen) atoms. The molecule has 7 heteroatoms. The van der Waals surface area contributed by atoms with E-state index in [-0.39, 0.29) is 18.4 Å². The highest BCUT2D eigenvalue weighted by molar-refractivity contribution is 7.99. The number of amides is 2. The van der Waals surface area contributed by atoms with Crippen LogP contribution in [-0.4, -0.2) is 56.4 Å². The molecule has 1 aromatic carbocycles. The number of carboxylic acid groups (broad SMARTS) is 1. The number of hydrogen-bond donors (Lipinski definition) is 1. The summed E-state index contributed by atoms with van der Waals surface area (Å²) in [6.45, 7) is 3.47. The van der Waals surface area contributed by atoms with Gasteiger partial charge in [-0.3, -0.25) is 9.59 Å². The molecule has 1 N–H and O–H groups in total. The average molecular weight is 350 g/mol. The molecule has 0 aliphatic carbocycles. The van der Waals surface area contributed by atoms with Gasteiger partial charge in [0.25, 0.3) is 0 Å². The van der Waals surface area contributed by atoms with E-state index in [1.54, 1.807) is 11.8 Å². The summed E-state index contributed by atoms with van der Waals surface area (Å²) in [7, 11) is 0. The number of rotatable bonds is 6. The van der Waals surface area contributed by atoms with Crippen LogP contribution in [0, 0.1) is 0 Å². The van der Waals surface area contributed by atoms with E-state index in [0.29, 0.717) is 18.1 Å². The molecule has 2 atom stereocenters. The van der Waals surface area contributed by atoms with Gasteiger partial charge in [0.15, 0.2) is 0 Å². The number of nitrogens with zero attached hydrogens (tertiary/aromatic N) is 2. The summed E-state index contributed by atoms with van der Waals surface area (Å²) in [4.78, 5) is 39.4. The van der Waals surface area contributed by atoms with Crippen molar-refractivity contribution in [1.29, 1.82) is 0 Å². The first-order chi connectivity index (χ1) is 11.5. The smallest absolute Gasteiger partial charge is 0.326 e. The van der Waals surface area contributed by atoms with Crippen LogP contribution in [0.25, 0.3) is 0 Å². The molecule has 2 unspecified atom stereocenters. The molecule has 1 aliphatic heterocycles. The van der Waals surface area contributed by atoms with Gasteiger partial charge in [0, 0.05) is 18.7 Å². The molecule has 0 aromatic heterocycles. The zero-order chi connectivity index (χ0) is 17.7. The highest BCUT2D eigenvalue weighted by Gasteiger charge is 2.39. The topological polar surface area (TPSA) is 77.9 Å². The Hall–Kier alpha value is -2.02. The molecule has 1 fully saturated rings. The van der Waals surface area contributed by atoms with Crippen molar-refractivity contribution in [3.05, 3.63) is 35.9 Å². The van der Waals surface area contributed by atoms with Crippen molar-refractivity contribution in [2.24, 2.45) is 0 Å². The van der Waals surface area contributed by atoms with Gasteiger partial charge in [-0.05, 0) is 12.5 Å². The molecule has 1 aliphatic rings. The minimum atomic E-state index is -1.06. The maximum Gasteiger partial charge on any atom is 0.326 e. The lowest BCUT2D eigenvalue weighted by molar-refractivity contribution is -0.153. The van der Waals surface area contributed by atoms with Gasteiger partial charge in [-0.25, -0.2) is 4.79 Å². The summed E-state index contributed by atoms with van der Waals surface area (Å²) in [6.07, 6.45) is 0.331. The number of aliphatic carboxylic acids is 1. The van der Waals surface area contributed by atoms with Gasteiger partial charge in [0.1, 0.15) is 12.1 Å². The predicted molar refractivity (Wildman–Crippen MR) is 92.3 cm³/mol. The van der Waals surface area contributed by atoms with Crippen molar-refractivity contribution in [1.82, 2.24) is 9.80 Å². The van der Waals surface area contributed by atoms with Crippen molar-refractivity contribution in [3.8, 4) is 0 Å². The Morgan fingerprint density at radius 2 is 2.00 bits per heavy atom. The molecule has 0 saturated carbocycles. The SMILES string of the molecule is CCC(=O)N1CSCC1C(=O)N(Cc1ccccc1)C(C)C(=O)O. The lowest BCUT2D eigenvalue weighted by atomic mass is 10.1. The van der Waals surface area contributed by atoms with E-state index in [9.17, 15) is 19.5 Å². The van der Waals surface area contributed by atoms with Crippen molar-refractivity contribution in [2.45, 2.75) is 38.9 Å². The Bertz CT molecular complexity index is 608. The number of carbonyl (C=O) groups is 3. The van der Waals surface area contributed by atoms with Crippen LogP contribution >= 0.6 is 11.8 Å². The molecule has 6 nitrogen and oxygen atoms in total. The van der Waals surface area contributed by atoms with Gasteiger partial charge in [0.2, 0.25) is 11.8 Å². The molecule has 2 amide bonds. The number of benzene rings is 1. The second-order valence-corrected chi connectivity index (χ2v) is 6.70. The number of carbonyl (C=O) groups excluding carboxylic acids is 2. The largest absolute Gasteiger partial charge is 0.480 e. The Morgan fingerprint density at radius 1 is 1.33 bits per heavy atom. The summed E-state index contributed by atoms with van der Waals surface area (Å²) in [5.74, 6) is -0.467. The Kier molecular flexibility index (Phi) is 6.25. The van der Waals surface area contributed by atoms with E-state index in [4.69, 9.17) is 0 Å². The molecule has 130 valence electrons. The first kappa shape index (κ1) is 18.3. The second kappa shape index (κ2) is 8.19. The van der Waals surface area contributed by atoms with Gasteiger partial charge in [0.05, 0.1) is 5.88 Å². The van der Waals surface area contributed by atoms with E-state index in [1.807, 2.05) is 30.3 Å². The van der Waals surface area contributed by atoms with Crippen LogP contribution in [-0.2, 0) is 20.9 Å².